The highest BCUT2D eigenvalue weighted by Crippen LogP contribution is 2.20. The Morgan fingerprint density at radius 2 is 2.43 bits per heavy atom. The minimum atomic E-state index is -0.298. The number of carbonyl (C=O) groups is 1. The number of hydrogen-bond donors (Lipinski definition) is 1. The molecule has 0 aromatic carbocycles. The number of pyridine rings is 1. The van der Waals surface area contributed by atoms with Gasteiger partial charge in [-0.15, -0.1) is 0 Å². The predicted molar refractivity (Wildman–Crippen MR) is 56.7 cm³/mol. The third-order valence-corrected chi connectivity index (χ3v) is 2.35. The predicted octanol–water partition coefficient (Wildman–Crippen LogP) is 1.53. The highest BCUT2D eigenvalue weighted by molar-refractivity contribution is 9.10. The van der Waals surface area contributed by atoms with Gasteiger partial charge in [-0.2, -0.15) is 0 Å². The molecule has 1 aromatic rings. The van der Waals surface area contributed by atoms with E-state index >= 15 is 0 Å². The summed E-state index contributed by atoms with van der Waals surface area (Å²) >= 11 is 3.23. The van der Waals surface area contributed by atoms with E-state index in [9.17, 15) is 4.79 Å². The topological polar surface area (TPSA) is 65.2 Å². The van der Waals surface area contributed by atoms with Gasteiger partial charge in [0.1, 0.15) is 4.60 Å². The van der Waals surface area contributed by atoms with E-state index in [1.54, 1.807) is 19.2 Å². The number of nitrogens with zero attached hydrogens (tertiary/aromatic N) is 1. The number of esters is 1. The fourth-order valence-electron chi connectivity index (χ4n) is 1.01. The molecule has 0 aliphatic heterocycles. The lowest BCUT2D eigenvalue weighted by Crippen LogP contribution is -2.10. The molecule has 76 valence electrons. The monoisotopic (exact) mass is 258 g/mol. The van der Waals surface area contributed by atoms with Crippen molar-refractivity contribution in [1.29, 1.82) is 0 Å². The number of anilines is 1. The van der Waals surface area contributed by atoms with Gasteiger partial charge >= 0.3 is 5.97 Å². The average Bonchev–Trinajstić information content (AvgIpc) is 2.12. The van der Waals surface area contributed by atoms with E-state index in [0.717, 1.165) is 0 Å². The molecular weight excluding hydrogens is 248 g/mol. The van der Waals surface area contributed by atoms with Gasteiger partial charge in [-0.25, -0.2) is 4.98 Å². The van der Waals surface area contributed by atoms with Crippen LogP contribution in [0.2, 0.25) is 0 Å². The average molecular weight is 259 g/mol. The molecule has 1 aromatic heterocycles. The summed E-state index contributed by atoms with van der Waals surface area (Å²) in [6.45, 7) is 2.14. The van der Waals surface area contributed by atoms with Crippen LogP contribution in [0.15, 0.2) is 16.9 Å². The zero-order valence-electron chi connectivity index (χ0n) is 7.79. The Hall–Kier alpha value is -1.10. The SMILES string of the molecule is CCOC(=O)Cc1c(N)ccnc1Br. The highest BCUT2D eigenvalue weighted by Gasteiger charge is 2.11. The molecule has 2 N–H and O–H groups in total. The van der Waals surface area contributed by atoms with E-state index in [0.29, 0.717) is 22.5 Å². The Kier molecular flexibility index (Phi) is 3.88. The molecular formula is C9H11BrN2O2. The third-order valence-electron chi connectivity index (χ3n) is 1.67. The Morgan fingerprint density at radius 1 is 1.71 bits per heavy atom. The first-order chi connectivity index (χ1) is 6.65. The van der Waals surface area contributed by atoms with Crippen LogP contribution in [0.4, 0.5) is 5.69 Å². The molecule has 0 bridgehead atoms. The molecule has 0 amide bonds. The van der Waals surface area contributed by atoms with Crippen molar-refractivity contribution in [2.75, 3.05) is 12.3 Å². The summed E-state index contributed by atoms with van der Waals surface area (Å²) in [5, 5.41) is 0. The van der Waals surface area contributed by atoms with Gasteiger partial charge in [0.25, 0.3) is 0 Å². The largest absolute Gasteiger partial charge is 0.466 e. The van der Waals surface area contributed by atoms with Crippen molar-refractivity contribution >= 4 is 27.6 Å². The summed E-state index contributed by atoms with van der Waals surface area (Å²) in [7, 11) is 0. The van der Waals surface area contributed by atoms with Gasteiger partial charge in [0.05, 0.1) is 13.0 Å². The summed E-state index contributed by atoms with van der Waals surface area (Å²) in [5.41, 5.74) is 6.90. The first kappa shape index (κ1) is 11.0. The smallest absolute Gasteiger partial charge is 0.310 e. The first-order valence-corrected chi connectivity index (χ1v) is 4.99. The van der Waals surface area contributed by atoms with Gasteiger partial charge in [-0.1, -0.05) is 0 Å². The summed E-state index contributed by atoms with van der Waals surface area (Å²) in [6.07, 6.45) is 1.72. The first-order valence-electron chi connectivity index (χ1n) is 4.19. The van der Waals surface area contributed by atoms with Crippen LogP contribution in [-0.4, -0.2) is 17.6 Å². The van der Waals surface area contributed by atoms with Crippen LogP contribution < -0.4 is 5.73 Å². The van der Waals surface area contributed by atoms with Crippen molar-refractivity contribution < 1.29 is 9.53 Å². The maximum Gasteiger partial charge on any atom is 0.310 e. The van der Waals surface area contributed by atoms with E-state index in [2.05, 4.69) is 20.9 Å². The van der Waals surface area contributed by atoms with Crippen LogP contribution >= 0.6 is 15.9 Å². The van der Waals surface area contributed by atoms with E-state index in [-0.39, 0.29) is 12.4 Å². The second kappa shape index (κ2) is 4.95. The minimum absolute atomic E-state index is 0.147. The number of hydrogen-bond acceptors (Lipinski definition) is 4. The van der Waals surface area contributed by atoms with Crippen LogP contribution in [0, 0.1) is 0 Å². The number of aromatic nitrogens is 1. The lowest BCUT2D eigenvalue weighted by atomic mass is 10.2. The van der Waals surface area contributed by atoms with Crippen molar-refractivity contribution in [3.63, 3.8) is 0 Å². The summed E-state index contributed by atoms with van der Waals surface area (Å²) in [5.74, 6) is -0.298. The second-order valence-electron chi connectivity index (χ2n) is 2.65. The maximum atomic E-state index is 11.2. The van der Waals surface area contributed by atoms with Crippen molar-refractivity contribution in [3.05, 3.63) is 22.4 Å². The molecule has 0 saturated carbocycles. The van der Waals surface area contributed by atoms with Gasteiger partial charge in [-0.05, 0) is 28.9 Å². The molecule has 1 rings (SSSR count). The molecule has 0 aliphatic rings. The Balaban J connectivity index is 2.80. The number of ether oxygens (including phenoxy) is 1. The van der Waals surface area contributed by atoms with Gasteiger partial charge in [0.15, 0.2) is 0 Å². The number of nitrogen functional groups attached to an aromatic ring is 1. The van der Waals surface area contributed by atoms with E-state index < -0.39 is 0 Å². The third kappa shape index (κ3) is 2.70. The van der Waals surface area contributed by atoms with E-state index in [1.807, 2.05) is 0 Å². The standard InChI is InChI=1S/C9H11BrN2O2/c1-2-14-8(13)5-6-7(11)3-4-12-9(6)10/h3-4H,2,5H2,1H3,(H2,11,12). The minimum Gasteiger partial charge on any atom is -0.466 e. The van der Waals surface area contributed by atoms with Crippen LogP contribution in [0.25, 0.3) is 0 Å². The van der Waals surface area contributed by atoms with E-state index in [1.165, 1.54) is 0 Å². The summed E-state index contributed by atoms with van der Waals surface area (Å²) < 4.78 is 5.40. The van der Waals surface area contributed by atoms with Crippen molar-refractivity contribution in [2.24, 2.45) is 0 Å². The fraction of sp³-hybridized carbons (Fsp3) is 0.333. The van der Waals surface area contributed by atoms with Gasteiger partial charge in [0, 0.05) is 17.4 Å². The van der Waals surface area contributed by atoms with Gasteiger partial charge < -0.3 is 10.5 Å². The number of halogens is 1. The molecule has 14 heavy (non-hydrogen) atoms. The Labute approximate surface area is 90.6 Å². The number of carbonyl (C=O) groups excluding carboxylic acids is 1. The molecule has 0 aliphatic carbocycles. The molecule has 0 unspecified atom stereocenters. The Morgan fingerprint density at radius 3 is 3.00 bits per heavy atom. The molecule has 4 nitrogen and oxygen atoms in total. The van der Waals surface area contributed by atoms with Crippen LogP contribution in [0.1, 0.15) is 12.5 Å². The molecule has 0 spiro atoms. The molecule has 0 fully saturated rings. The van der Waals surface area contributed by atoms with Gasteiger partial charge in [-0.3, -0.25) is 4.79 Å². The van der Waals surface area contributed by atoms with Gasteiger partial charge in [0.2, 0.25) is 0 Å². The molecule has 0 atom stereocenters. The second-order valence-corrected chi connectivity index (χ2v) is 3.40. The molecule has 0 radical (unpaired) electrons. The quantitative estimate of drug-likeness (QED) is 0.660. The zero-order chi connectivity index (χ0) is 10.6. The Bertz CT molecular complexity index is 321. The number of nitrogens with two attached hydrogens (primary N) is 1. The maximum absolute atomic E-state index is 11.2. The summed E-state index contributed by atoms with van der Waals surface area (Å²) in [4.78, 5) is 15.2. The lowest BCUT2D eigenvalue weighted by molar-refractivity contribution is -0.142. The van der Waals surface area contributed by atoms with Crippen molar-refractivity contribution in [1.82, 2.24) is 4.98 Å². The lowest BCUT2D eigenvalue weighted by Gasteiger charge is -2.06. The highest BCUT2D eigenvalue weighted by atomic mass is 79.9. The van der Waals surface area contributed by atoms with Crippen LogP contribution in [0.3, 0.4) is 0 Å². The van der Waals surface area contributed by atoms with Crippen LogP contribution in [0.5, 0.6) is 0 Å². The normalized spacial score (nSPS) is 9.86. The number of rotatable bonds is 3. The van der Waals surface area contributed by atoms with E-state index in [4.69, 9.17) is 10.5 Å². The molecule has 5 heteroatoms. The van der Waals surface area contributed by atoms with Crippen molar-refractivity contribution in [3.8, 4) is 0 Å². The van der Waals surface area contributed by atoms with Crippen LogP contribution in [-0.2, 0) is 16.0 Å². The summed E-state index contributed by atoms with van der Waals surface area (Å²) in [6, 6.07) is 1.65. The van der Waals surface area contributed by atoms with Crippen molar-refractivity contribution in [2.45, 2.75) is 13.3 Å². The zero-order valence-corrected chi connectivity index (χ0v) is 9.37. The molecule has 1 heterocycles. The fourth-order valence-corrected chi connectivity index (χ4v) is 1.50. The molecule has 0 saturated heterocycles.